The summed E-state index contributed by atoms with van der Waals surface area (Å²) in [4.78, 5) is 20.5. The van der Waals surface area contributed by atoms with Crippen LogP contribution >= 0.6 is 0 Å². The van der Waals surface area contributed by atoms with Crippen molar-refractivity contribution in [3.8, 4) is 11.5 Å². The van der Waals surface area contributed by atoms with Crippen LogP contribution in [0.25, 0.3) is 0 Å². The Kier molecular flexibility index (Phi) is 2.14. The summed E-state index contributed by atoms with van der Waals surface area (Å²) in [6.45, 7) is 0. The Balaban J connectivity index is 3.41. The van der Waals surface area contributed by atoms with Crippen LogP contribution in [-0.4, -0.2) is 21.3 Å². The van der Waals surface area contributed by atoms with Crippen LogP contribution in [0.3, 0.4) is 0 Å². The van der Waals surface area contributed by atoms with Gasteiger partial charge in [0.15, 0.2) is 11.5 Å². The van der Waals surface area contributed by atoms with Crippen molar-refractivity contribution in [3.05, 3.63) is 22.6 Å². The molecule has 13 heavy (non-hydrogen) atoms. The average molecular weight is 183 g/mol. The molecular formula is C7H5NO5. The van der Waals surface area contributed by atoms with Crippen LogP contribution in [0.2, 0.25) is 0 Å². The predicted octanol–water partition coefficient (Wildman–Crippen LogP) is 1.19. The van der Waals surface area contributed by atoms with E-state index in [0.717, 1.165) is 12.1 Å². The molecule has 0 spiro atoms. The van der Waals surface area contributed by atoms with Gasteiger partial charge >= 0.3 is 5.97 Å². The summed E-state index contributed by atoms with van der Waals surface area (Å²) in [5, 5.41) is 28.7. The maximum absolute atomic E-state index is 10.5. The number of rotatable bonds is 2. The topological polar surface area (TPSA) is 107 Å². The number of hydrogen-bond acceptors (Lipinski definition) is 5. The zero-order valence-electron chi connectivity index (χ0n) is 6.26. The molecule has 0 atom stereocenters. The number of carbonyl (C=O) groups is 1. The number of aromatic hydroxyl groups is 2. The second kappa shape index (κ2) is 3.10. The quantitative estimate of drug-likeness (QED) is 0.471. The van der Waals surface area contributed by atoms with Crippen LogP contribution in [-0.2, 0) is 0 Å². The first-order chi connectivity index (χ1) is 6.06. The van der Waals surface area contributed by atoms with Gasteiger partial charge in [0.1, 0.15) is 5.69 Å². The summed E-state index contributed by atoms with van der Waals surface area (Å²) in [6, 6.07) is 1.54. The Hall–Kier alpha value is -2.11. The van der Waals surface area contributed by atoms with E-state index < -0.39 is 28.7 Å². The van der Waals surface area contributed by atoms with Gasteiger partial charge in [0.05, 0.1) is 5.56 Å². The van der Waals surface area contributed by atoms with E-state index >= 15 is 0 Å². The lowest BCUT2D eigenvalue weighted by molar-refractivity contribution is 0.0697. The summed E-state index contributed by atoms with van der Waals surface area (Å²) in [5.41, 5.74) is -0.881. The molecule has 0 unspecified atom stereocenters. The Morgan fingerprint density at radius 2 is 1.77 bits per heavy atom. The minimum atomic E-state index is -1.40. The average Bonchev–Trinajstić information content (AvgIpc) is 2.08. The van der Waals surface area contributed by atoms with Gasteiger partial charge < -0.3 is 15.3 Å². The largest absolute Gasteiger partial charge is 0.504 e. The lowest BCUT2D eigenvalue weighted by Gasteiger charge is -2.00. The lowest BCUT2D eigenvalue weighted by atomic mass is 10.1. The summed E-state index contributed by atoms with van der Waals surface area (Å²) in [6.07, 6.45) is 0. The highest BCUT2D eigenvalue weighted by Crippen LogP contribution is 2.32. The normalized spacial score (nSPS) is 9.54. The predicted molar refractivity (Wildman–Crippen MR) is 42.2 cm³/mol. The molecule has 0 amide bonds. The van der Waals surface area contributed by atoms with E-state index in [9.17, 15) is 9.70 Å². The van der Waals surface area contributed by atoms with Gasteiger partial charge in [0.2, 0.25) is 0 Å². The molecule has 1 aromatic carbocycles. The van der Waals surface area contributed by atoms with Crippen molar-refractivity contribution in [2.45, 2.75) is 0 Å². The Morgan fingerprint density at radius 3 is 2.23 bits per heavy atom. The molecule has 0 heterocycles. The van der Waals surface area contributed by atoms with Crippen LogP contribution in [0.5, 0.6) is 11.5 Å². The SMILES string of the molecule is O=Nc1cc(O)c(O)cc1C(=O)O. The first-order valence-corrected chi connectivity index (χ1v) is 3.19. The van der Waals surface area contributed by atoms with Gasteiger partial charge in [-0.05, 0) is 5.18 Å². The number of nitrogens with zero attached hydrogens (tertiary/aromatic N) is 1. The van der Waals surface area contributed by atoms with Gasteiger partial charge in [-0.25, -0.2) is 4.79 Å². The van der Waals surface area contributed by atoms with E-state index in [1.54, 1.807) is 0 Å². The molecule has 1 rings (SSSR count). The summed E-state index contributed by atoms with van der Waals surface area (Å²) >= 11 is 0. The summed E-state index contributed by atoms with van der Waals surface area (Å²) in [7, 11) is 0. The lowest BCUT2D eigenvalue weighted by Crippen LogP contribution is -1.96. The third kappa shape index (κ3) is 1.56. The van der Waals surface area contributed by atoms with Crippen LogP contribution in [0.15, 0.2) is 17.3 Å². The molecule has 1 aromatic rings. The molecule has 0 saturated carbocycles. The molecule has 0 saturated heterocycles. The second-order valence-corrected chi connectivity index (χ2v) is 2.25. The Labute approximate surface area is 72.0 Å². The highest BCUT2D eigenvalue weighted by atomic mass is 16.4. The van der Waals surface area contributed by atoms with Crippen molar-refractivity contribution < 1.29 is 20.1 Å². The van der Waals surface area contributed by atoms with E-state index in [-0.39, 0.29) is 0 Å². The highest BCUT2D eigenvalue weighted by Gasteiger charge is 2.14. The van der Waals surface area contributed by atoms with Crippen LogP contribution < -0.4 is 0 Å². The third-order valence-corrected chi connectivity index (χ3v) is 1.42. The first-order valence-electron chi connectivity index (χ1n) is 3.19. The molecule has 0 bridgehead atoms. The Bertz CT molecular complexity index is 373. The van der Waals surface area contributed by atoms with Crippen LogP contribution in [0.4, 0.5) is 5.69 Å². The van der Waals surface area contributed by atoms with E-state index in [0.29, 0.717) is 0 Å². The summed E-state index contributed by atoms with van der Waals surface area (Å²) in [5.74, 6) is -2.59. The Morgan fingerprint density at radius 1 is 1.23 bits per heavy atom. The third-order valence-electron chi connectivity index (χ3n) is 1.42. The van der Waals surface area contributed by atoms with E-state index in [1.165, 1.54) is 0 Å². The van der Waals surface area contributed by atoms with Gasteiger partial charge in [0, 0.05) is 12.1 Å². The minimum Gasteiger partial charge on any atom is -0.504 e. The molecule has 0 aliphatic rings. The molecule has 3 N–H and O–H groups in total. The van der Waals surface area contributed by atoms with Gasteiger partial charge in [-0.1, -0.05) is 0 Å². The fourth-order valence-corrected chi connectivity index (χ4v) is 0.813. The van der Waals surface area contributed by atoms with Crippen molar-refractivity contribution in [2.75, 3.05) is 0 Å². The van der Waals surface area contributed by atoms with Crippen molar-refractivity contribution in [2.24, 2.45) is 5.18 Å². The fourth-order valence-electron chi connectivity index (χ4n) is 0.813. The number of nitroso groups, excluding NO2 is 1. The smallest absolute Gasteiger partial charge is 0.338 e. The van der Waals surface area contributed by atoms with Crippen LogP contribution in [0.1, 0.15) is 10.4 Å². The van der Waals surface area contributed by atoms with Crippen molar-refractivity contribution in [3.63, 3.8) is 0 Å². The second-order valence-electron chi connectivity index (χ2n) is 2.25. The first kappa shape index (κ1) is 8.98. The molecule has 0 aromatic heterocycles. The van der Waals surface area contributed by atoms with Crippen molar-refractivity contribution >= 4 is 11.7 Å². The maximum Gasteiger partial charge on any atom is 0.338 e. The number of carboxylic acids is 1. The molecule has 0 radical (unpaired) electrons. The molecular weight excluding hydrogens is 178 g/mol. The molecule has 0 fully saturated rings. The van der Waals surface area contributed by atoms with Crippen LogP contribution in [0, 0.1) is 4.91 Å². The molecule has 6 nitrogen and oxygen atoms in total. The van der Waals surface area contributed by atoms with Gasteiger partial charge in [-0.2, -0.15) is 0 Å². The number of phenolic OH excluding ortho intramolecular Hbond substituents is 2. The van der Waals surface area contributed by atoms with E-state index in [1.807, 2.05) is 0 Å². The van der Waals surface area contributed by atoms with Gasteiger partial charge in [-0.15, -0.1) is 4.91 Å². The number of benzene rings is 1. The zero-order chi connectivity index (χ0) is 10.0. The molecule has 0 aliphatic carbocycles. The molecule has 68 valence electrons. The number of phenols is 2. The van der Waals surface area contributed by atoms with Gasteiger partial charge in [-0.3, -0.25) is 0 Å². The molecule has 6 heteroatoms. The summed E-state index contributed by atoms with van der Waals surface area (Å²) < 4.78 is 0. The number of carboxylic acid groups (broad SMARTS) is 1. The number of aromatic carboxylic acids is 1. The fraction of sp³-hybridized carbons (Fsp3) is 0. The van der Waals surface area contributed by atoms with Gasteiger partial charge in [0.25, 0.3) is 0 Å². The van der Waals surface area contributed by atoms with E-state index in [4.69, 9.17) is 15.3 Å². The van der Waals surface area contributed by atoms with E-state index in [2.05, 4.69) is 5.18 Å². The van der Waals surface area contributed by atoms with Crippen molar-refractivity contribution in [1.29, 1.82) is 0 Å². The van der Waals surface area contributed by atoms with Crippen molar-refractivity contribution in [1.82, 2.24) is 0 Å². The minimum absolute atomic E-state index is 0.428. The monoisotopic (exact) mass is 183 g/mol. The molecule has 0 aliphatic heterocycles. The standard InChI is InChI=1S/C7H5NO5/c9-5-1-3(7(11)12)4(8-13)2-6(5)10/h1-2,9-10H,(H,11,12). The number of hydrogen-bond donors (Lipinski definition) is 3. The zero-order valence-corrected chi connectivity index (χ0v) is 6.26. The maximum atomic E-state index is 10.5. The highest BCUT2D eigenvalue weighted by molar-refractivity contribution is 5.94.